The Morgan fingerprint density at radius 3 is 2.92 bits per heavy atom. The Bertz CT molecular complexity index is 882. The van der Waals surface area contributed by atoms with Gasteiger partial charge < -0.3 is 15.5 Å². The molecule has 0 saturated carbocycles. The van der Waals surface area contributed by atoms with Crippen LogP contribution in [0.4, 0.5) is 0 Å². The fraction of sp³-hybridized carbons (Fsp3) is 0.500. The third-order valence-corrected chi connectivity index (χ3v) is 4.78. The molecule has 2 aromatic heterocycles. The predicted molar refractivity (Wildman–Crippen MR) is 89.3 cm³/mol. The molecule has 10 nitrogen and oxygen atoms in total. The molecule has 2 aliphatic heterocycles. The molecule has 2 aliphatic rings. The lowest BCUT2D eigenvalue weighted by atomic mass is 10.1. The van der Waals surface area contributed by atoms with E-state index in [-0.39, 0.29) is 41.9 Å². The zero-order valence-electron chi connectivity index (χ0n) is 14.5. The van der Waals surface area contributed by atoms with Gasteiger partial charge in [0.15, 0.2) is 0 Å². The molecule has 4 heterocycles. The summed E-state index contributed by atoms with van der Waals surface area (Å²) in [5.74, 6) is -0.159. The number of piperazine rings is 1. The molecule has 2 atom stereocenters. The van der Waals surface area contributed by atoms with Crippen LogP contribution in [0.15, 0.2) is 12.4 Å². The molecular formula is C16H19N7O3. The van der Waals surface area contributed by atoms with Crippen LogP contribution in [-0.2, 0) is 9.59 Å². The molecule has 0 radical (unpaired) electrons. The third-order valence-electron chi connectivity index (χ3n) is 4.78. The summed E-state index contributed by atoms with van der Waals surface area (Å²) >= 11 is 0. The lowest BCUT2D eigenvalue weighted by Crippen LogP contribution is -2.55. The zero-order valence-corrected chi connectivity index (χ0v) is 14.5. The summed E-state index contributed by atoms with van der Waals surface area (Å²) in [6.07, 6.45) is 1.79. The molecule has 2 N–H and O–H groups in total. The topological polar surface area (TPSA) is 122 Å². The van der Waals surface area contributed by atoms with Gasteiger partial charge in [-0.15, -0.1) is 0 Å². The molecule has 136 valence electrons. The molecule has 0 unspecified atom stereocenters. The third kappa shape index (κ3) is 2.67. The lowest BCUT2D eigenvalue weighted by molar-refractivity contribution is -0.143. The summed E-state index contributed by atoms with van der Waals surface area (Å²) in [5.41, 5.74) is 1.07. The summed E-state index contributed by atoms with van der Waals surface area (Å²) in [6, 6.07) is 0.889. The average Bonchev–Trinajstić information content (AvgIpc) is 3.24. The average molecular weight is 357 g/mol. The van der Waals surface area contributed by atoms with Gasteiger partial charge in [0.25, 0.3) is 11.7 Å². The van der Waals surface area contributed by atoms with E-state index in [1.54, 1.807) is 10.6 Å². The maximum absolute atomic E-state index is 12.7. The van der Waals surface area contributed by atoms with Crippen molar-refractivity contribution in [1.82, 2.24) is 35.1 Å². The number of carbonyl (C=O) groups is 3. The Balaban J connectivity index is 1.55. The van der Waals surface area contributed by atoms with Crippen LogP contribution in [0.25, 0.3) is 5.78 Å². The van der Waals surface area contributed by atoms with Gasteiger partial charge in [-0.2, -0.15) is 10.1 Å². The normalized spacial score (nSPS) is 22.7. The predicted octanol–water partition coefficient (Wildman–Crippen LogP) is -0.923. The van der Waals surface area contributed by atoms with E-state index >= 15 is 0 Å². The van der Waals surface area contributed by atoms with Gasteiger partial charge in [-0.05, 0) is 18.4 Å². The number of rotatable bonds is 3. The van der Waals surface area contributed by atoms with Crippen LogP contribution in [0.2, 0.25) is 0 Å². The van der Waals surface area contributed by atoms with Crippen LogP contribution in [-0.4, -0.2) is 67.4 Å². The first-order valence-corrected chi connectivity index (χ1v) is 8.52. The van der Waals surface area contributed by atoms with Gasteiger partial charge in [0, 0.05) is 12.6 Å². The Labute approximate surface area is 149 Å². The van der Waals surface area contributed by atoms with Crippen molar-refractivity contribution in [1.29, 1.82) is 0 Å². The molecule has 0 spiro atoms. The highest BCUT2D eigenvalue weighted by atomic mass is 16.2. The molecule has 26 heavy (non-hydrogen) atoms. The summed E-state index contributed by atoms with van der Waals surface area (Å²) < 4.78 is 1.61. The van der Waals surface area contributed by atoms with Gasteiger partial charge in [0.1, 0.15) is 18.1 Å². The van der Waals surface area contributed by atoms with Gasteiger partial charge in [0.2, 0.25) is 11.8 Å². The van der Waals surface area contributed by atoms with Crippen LogP contribution in [0.3, 0.4) is 0 Å². The van der Waals surface area contributed by atoms with Crippen LogP contribution >= 0.6 is 0 Å². The van der Waals surface area contributed by atoms with Crippen molar-refractivity contribution < 1.29 is 14.4 Å². The van der Waals surface area contributed by atoms with E-state index in [0.29, 0.717) is 18.7 Å². The Morgan fingerprint density at radius 2 is 2.19 bits per heavy atom. The van der Waals surface area contributed by atoms with E-state index in [9.17, 15) is 14.4 Å². The number of carbonyl (C=O) groups excluding carboxylic acids is 3. The number of amides is 3. The highest BCUT2D eigenvalue weighted by molar-refractivity contribution is 5.96. The molecule has 4 rings (SSSR count). The minimum atomic E-state index is -0.514. The first kappa shape index (κ1) is 16.4. The zero-order chi connectivity index (χ0) is 18.4. The number of fused-ring (bicyclic) bond motifs is 2. The summed E-state index contributed by atoms with van der Waals surface area (Å²) in [5, 5.41) is 9.59. The second kappa shape index (κ2) is 6.04. The van der Waals surface area contributed by atoms with Gasteiger partial charge in [0.05, 0.1) is 12.2 Å². The van der Waals surface area contributed by atoms with Crippen molar-refractivity contribution in [3.8, 4) is 0 Å². The smallest absolute Gasteiger partial charge is 0.270 e. The SMILES string of the molecule is CC(C)c1cc(C(=O)N[C@H]2C[C@H]3C(=O)NCC(=O)N3C2)nc2ncnn12. The number of hydrogen-bond donors (Lipinski definition) is 2. The van der Waals surface area contributed by atoms with Crippen molar-refractivity contribution >= 4 is 23.5 Å². The fourth-order valence-corrected chi connectivity index (χ4v) is 3.47. The largest absolute Gasteiger partial charge is 0.346 e. The molecule has 2 fully saturated rings. The van der Waals surface area contributed by atoms with Crippen LogP contribution in [0, 0.1) is 0 Å². The van der Waals surface area contributed by atoms with E-state index in [1.165, 1.54) is 11.2 Å². The monoisotopic (exact) mass is 357 g/mol. The minimum Gasteiger partial charge on any atom is -0.346 e. The minimum absolute atomic E-state index is 0.0128. The first-order valence-electron chi connectivity index (χ1n) is 8.52. The van der Waals surface area contributed by atoms with Crippen LogP contribution < -0.4 is 10.6 Å². The second-order valence-electron chi connectivity index (χ2n) is 6.88. The van der Waals surface area contributed by atoms with Crippen molar-refractivity contribution in [2.45, 2.75) is 38.3 Å². The Kier molecular flexibility index (Phi) is 3.82. The van der Waals surface area contributed by atoms with Crippen molar-refractivity contribution in [3.05, 3.63) is 23.8 Å². The Morgan fingerprint density at radius 1 is 1.38 bits per heavy atom. The van der Waals surface area contributed by atoms with Crippen LogP contribution in [0.1, 0.15) is 42.4 Å². The van der Waals surface area contributed by atoms with Gasteiger partial charge in [-0.25, -0.2) is 9.50 Å². The molecule has 0 aliphatic carbocycles. The van der Waals surface area contributed by atoms with Crippen molar-refractivity contribution in [2.75, 3.05) is 13.1 Å². The van der Waals surface area contributed by atoms with Crippen molar-refractivity contribution in [2.24, 2.45) is 0 Å². The summed E-state index contributed by atoms with van der Waals surface area (Å²) in [4.78, 5) is 46.4. The summed E-state index contributed by atoms with van der Waals surface area (Å²) in [6.45, 7) is 4.33. The number of aromatic nitrogens is 4. The van der Waals surface area contributed by atoms with Gasteiger partial charge >= 0.3 is 0 Å². The molecule has 0 bridgehead atoms. The van der Waals surface area contributed by atoms with Gasteiger partial charge in [-0.1, -0.05) is 13.8 Å². The standard InChI is InChI=1S/C16H19N7O3/c1-8(2)11-4-10(21-16-18-7-19-23(11)16)14(25)20-9-3-12-15(26)17-5-13(24)22(12)6-9/h4,7-9,12H,3,5-6H2,1-2H3,(H,17,26)(H,20,25)/t9-,12-/m0/s1. The highest BCUT2D eigenvalue weighted by Crippen LogP contribution is 2.21. The maximum atomic E-state index is 12.7. The number of hydrogen-bond acceptors (Lipinski definition) is 6. The molecule has 2 aromatic rings. The molecule has 0 aromatic carbocycles. The number of nitrogens with one attached hydrogen (secondary N) is 2. The van der Waals surface area contributed by atoms with Crippen LogP contribution in [0.5, 0.6) is 0 Å². The first-order chi connectivity index (χ1) is 12.4. The number of nitrogens with zero attached hydrogens (tertiary/aromatic N) is 5. The van der Waals surface area contributed by atoms with E-state index in [0.717, 1.165) is 5.69 Å². The highest BCUT2D eigenvalue weighted by Gasteiger charge is 2.42. The van der Waals surface area contributed by atoms with E-state index < -0.39 is 6.04 Å². The summed E-state index contributed by atoms with van der Waals surface area (Å²) in [7, 11) is 0. The molecule has 3 amide bonds. The molecular weight excluding hydrogens is 338 g/mol. The van der Waals surface area contributed by atoms with Crippen molar-refractivity contribution in [3.63, 3.8) is 0 Å². The molecule has 2 saturated heterocycles. The lowest BCUT2D eigenvalue weighted by Gasteiger charge is -2.28. The maximum Gasteiger partial charge on any atom is 0.270 e. The fourth-order valence-electron chi connectivity index (χ4n) is 3.47. The Hall–Kier alpha value is -3.04. The molecule has 10 heteroatoms. The van der Waals surface area contributed by atoms with E-state index in [2.05, 4.69) is 25.7 Å². The second-order valence-corrected chi connectivity index (χ2v) is 6.88. The van der Waals surface area contributed by atoms with E-state index in [1.807, 2.05) is 13.8 Å². The van der Waals surface area contributed by atoms with Gasteiger partial charge in [-0.3, -0.25) is 14.4 Å². The quantitative estimate of drug-likeness (QED) is 0.732. The van der Waals surface area contributed by atoms with E-state index in [4.69, 9.17) is 0 Å².